The molecular weight excluding hydrogens is 647 g/mol. The van der Waals surface area contributed by atoms with E-state index in [-0.39, 0.29) is 17.8 Å². The Hall–Kier alpha value is -5.38. The van der Waals surface area contributed by atoms with Crippen LogP contribution in [-0.2, 0) is 6.54 Å². The SMILES string of the molecule is CC(C)Oc1cc(NC(=N)c2ccccn2)ccc1-c1ccc(-c2ccc(C(=O)N[C@@H](Cn3ccnc3)c3ccc(Cl)cc3Cl)cc2)o1. The van der Waals surface area contributed by atoms with Gasteiger partial charge in [-0.05, 0) is 80.1 Å². The van der Waals surface area contributed by atoms with Gasteiger partial charge in [-0.3, -0.25) is 15.2 Å². The maximum atomic E-state index is 13.4. The average molecular weight is 680 g/mol. The number of nitrogens with zero attached hydrogens (tertiary/aromatic N) is 3. The largest absolute Gasteiger partial charge is 0.490 e. The van der Waals surface area contributed by atoms with Crippen LogP contribution >= 0.6 is 23.2 Å². The maximum absolute atomic E-state index is 13.4. The molecule has 0 aliphatic rings. The molecule has 6 rings (SSSR count). The van der Waals surface area contributed by atoms with Crippen LogP contribution in [0.3, 0.4) is 0 Å². The summed E-state index contributed by atoms with van der Waals surface area (Å²) in [5, 5.41) is 15.6. The Morgan fingerprint density at radius 2 is 1.77 bits per heavy atom. The van der Waals surface area contributed by atoms with E-state index in [0.717, 1.165) is 16.7 Å². The molecular formula is C37H32Cl2N6O3. The molecule has 3 aromatic carbocycles. The summed E-state index contributed by atoms with van der Waals surface area (Å²) in [5.74, 6) is 1.80. The molecule has 0 radical (unpaired) electrons. The summed E-state index contributed by atoms with van der Waals surface area (Å²) in [7, 11) is 0. The number of aromatic nitrogens is 3. The van der Waals surface area contributed by atoms with E-state index in [1.807, 2.05) is 85.3 Å². The number of nitrogens with one attached hydrogen (secondary N) is 3. The van der Waals surface area contributed by atoms with Crippen LogP contribution in [0.5, 0.6) is 5.75 Å². The number of imidazole rings is 1. The lowest BCUT2D eigenvalue weighted by Gasteiger charge is -2.21. The minimum atomic E-state index is -0.423. The van der Waals surface area contributed by atoms with Crippen LogP contribution < -0.4 is 15.4 Å². The van der Waals surface area contributed by atoms with Gasteiger partial charge in [-0.2, -0.15) is 0 Å². The number of carbonyl (C=O) groups excluding carboxylic acids is 1. The van der Waals surface area contributed by atoms with E-state index < -0.39 is 6.04 Å². The lowest BCUT2D eigenvalue weighted by molar-refractivity contribution is 0.0932. The van der Waals surface area contributed by atoms with Gasteiger partial charge in [-0.25, -0.2) is 4.98 Å². The number of amidine groups is 1. The first-order valence-electron chi connectivity index (χ1n) is 15.2. The fourth-order valence-corrected chi connectivity index (χ4v) is 5.69. The zero-order valence-electron chi connectivity index (χ0n) is 26.2. The number of hydrogen-bond donors (Lipinski definition) is 3. The summed E-state index contributed by atoms with van der Waals surface area (Å²) < 4.78 is 14.3. The number of halogens is 2. The number of anilines is 1. The molecule has 9 nitrogen and oxygen atoms in total. The molecule has 3 aromatic heterocycles. The van der Waals surface area contributed by atoms with Crippen molar-refractivity contribution in [3.05, 3.63) is 143 Å². The topological polar surface area (TPSA) is 118 Å². The Kier molecular flexibility index (Phi) is 9.89. The Morgan fingerprint density at radius 3 is 2.48 bits per heavy atom. The molecule has 11 heteroatoms. The van der Waals surface area contributed by atoms with Crippen molar-refractivity contribution < 1.29 is 13.9 Å². The zero-order valence-corrected chi connectivity index (χ0v) is 27.7. The van der Waals surface area contributed by atoms with Crippen LogP contribution in [0.15, 0.2) is 120 Å². The molecule has 1 amide bonds. The van der Waals surface area contributed by atoms with Crippen molar-refractivity contribution in [3.63, 3.8) is 0 Å². The summed E-state index contributed by atoms with van der Waals surface area (Å²) >= 11 is 12.6. The maximum Gasteiger partial charge on any atom is 0.251 e. The molecule has 0 aliphatic carbocycles. The summed E-state index contributed by atoms with van der Waals surface area (Å²) in [5.41, 5.74) is 4.04. The number of ether oxygens (including phenoxy) is 1. The Morgan fingerprint density at radius 1 is 0.958 bits per heavy atom. The first-order valence-corrected chi connectivity index (χ1v) is 16.0. The normalized spacial score (nSPS) is 11.7. The molecule has 48 heavy (non-hydrogen) atoms. The van der Waals surface area contributed by atoms with E-state index in [4.69, 9.17) is 37.8 Å². The fraction of sp³-hybridized carbons (Fsp3) is 0.135. The van der Waals surface area contributed by atoms with E-state index in [1.54, 1.807) is 49.1 Å². The van der Waals surface area contributed by atoms with E-state index in [1.165, 1.54) is 0 Å². The number of furan rings is 1. The molecule has 0 saturated heterocycles. The molecule has 1 atom stereocenters. The van der Waals surface area contributed by atoms with Crippen molar-refractivity contribution >= 4 is 40.6 Å². The van der Waals surface area contributed by atoms with Crippen LogP contribution in [-0.4, -0.2) is 32.4 Å². The highest BCUT2D eigenvalue weighted by Gasteiger charge is 2.20. The zero-order chi connectivity index (χ0) is 33.6. The molecule has 0 saturated carbocycles. The third-order valence-electron chi connectivity index (χ3n) is 7.43. The van der Waals surface area contributed by atoms with Gasteiger partial charge in [0.1, 0.15) is 28.8 Å². The van der Waals surface area contributed by atoms with Gasteiger partial charge in [0.15, 0.2) is 0 Å². The Labute approximate surface area is 288 Å². The highest BCUT2D eigenvalue weighted by atomic mass is 35.5. The molecule has 242 valence electrons. The van der Waals surface area contributed by atoms with Gasteiger partial charge in [0.2, 0.25) is 0 Å². The third kappa shape index (κ3) is 7.76. The third-order valence-corrected chi connectivity index (χ3v) is 8.00. The van der Waals surface area contributed by atoms with Crippen LogP contribution in [0.25, 0.3) is 22.6 Å². The van der Waals surface area contributed by atoms with Crippen molar-refractivity contribution in [1.29, 1.82) is 5.41 Å². The average Bonchev–Trinajstić information content (AvgIpc) is 3.78. The minimum Gasteiger partial charge on any atom is -0.490 e. The van der Waals surface area contributed by atoms with Gasteiger partial charge >= 0.3 is 0 Å². The van der Waals surface area contributed by atoms with Gasteiger partial charge < -0.3 is 24.4 Å². The molecule has 0 aliphatic heterocycles. The Bertz CT molecular complexity index is 2030. The van der Waals surface area contributed by atoms with Gasteiger partial charge in [0.05, 0.1) is 24.0 Å². The van der Waals surface area contributed by atoms with Crippen LogP contribution in [0.4, 0.5) is 5.69 Å². The highest BCUT2D eigenvalue weighted by Crippen LogP contribution is 2.37. The second-order valence-corrected chi connectivity index (χ2v) is 12.1. The number of pyridine rings is 1. The molecule has 0 unspecified atom stereocenters. The van der Waals surface area contributed by atoms with Crippen molar-refractivity contribution in [3.8, 4) is 28.4 Å². The van der Waals surface area contributed by atoms with E-state index in [2.05, 4.69) is 20.6 Å². The predicted molar refractivity (Wildman–Crippen MR) is 189 cm³/mol. The molecule has 6 aromatic rings. The number of amides is 1. The van der Waals surface area contributed by atoms with E-state index >= 15 is 0 Å². The van der Waals surface area contributed by atoms with Gasteiger partial charge in [0.25, 0.3) is 5.91 Å². The van der Waals surface area contributed by atoms with E-state index in [9.17, 15) is 4.79 Å². The first kappa shape index (κ1) is 32.6. The number of carbonyl (C=O) groups is 1. The lowest BCUT2D eigenvalue weighted by atomic mass is 10.0. The van der Waals surface area contributed by atoms with Gasteiger partial charge in [-0.1, -0.05) is 47.5 Å². The lowest BCUT2D eigenvalue weighted by Crippen LogP contribution is -2.31. The quantitative estimate of drug-likeness (QED) is 0.0930. The van der Waals surface area contributed by atoms with Crippen molar-refractivity contribution in [2.75, 3.05) is 5.32 Å². The second-order valence-electron chi connectivity index (χ2n) is 11.3. The van der Waals surface area contributed by atoms with Gasteiger partial charge in [0, 0.05) is 58.1 Å². The molecule has 0 spiro atoms. The highest BCUT2D eigenvalue weighted by molar-refractivity contribution is 6.35. The van der Waals surface area contributed by atoms with Crippen molar-refractivity contribution in [2.24, 2.45) is 0 Å². The minimum absolute atomic E-state index is 0.0855. The van der Waals surface area contributed by atoms with Gasteiger partial charge in [-0.15, -0.1) is 0 Å². The smallest absolute Gasteiger partial charge is 0.251 e. The van der Waals surface area contributed by atoms with Crippen molar-refractivity contribution in [1.82, 2.24) is 19.9 Å². The number of rotatable bonds is 11. The molecule has 3 N–H and O–H groups in total. The van der Waals surface area contributed by atoms with Crippen molar-refractivity contribution in [2.45, 2.75) is 32.5 Å². The molecule has 0 fully saturated rings. The molecule has 0 bridgehead atoms. The first-order chi connectivity index (χ1) is 23.2. The van der Waals surface area contributed by atoms with Crippen LogP contribution in [0.2, 0.25) is 10.0 Å². The predicted octanol–water partition coefficient (Wildman–Crippen LogP) is 8.91. The molecule has 3 heterocycles. The summed E-state index contributed by atoms with van der Waals surface area (Å²) in [6.45, 7) is 4.34. The monoisotopic (exact) mass is 678 g/mol. The van der Waals surface area contributed by atoms with Crippen LogP contribution in [0, 0.1) is 5.41 Å². The number of benzene rings is 3. The fourth-order valence-electron chi connectivity index (χ4n) is 5.15. The van der Waals surface area contributed by atoms with E-state index in [0.29, 0.717) is 50.8 Å². The Balaban J connectivity index is 1.19. The second kappa shape index (κ2) is 14.6. The summed E-state index contributed by atoms with van der Waals surface area (Å²) in [6.07, 6.45) is 6.77. The standard InChI is InChI=1S/C37H32Cl2N6O3/c1-23(2)47-35-20-27(43-36(40)31-5-3-4-16-42-31)11-13-29(35)34-15-14-33(48-34)24-6-8-25(9-7-24)37(46)44-32(21-45-18-17-41-22-45)28-12-10-26(38)19-30(28)39/h3-20,22-23,32H,21H2,1-2H3,(H2,40,43)(H,44,46)/t32-/m0/s1. The number of hydrogen-bond acceptors (Lipinski definition) is 6. The summed E-state index contributed by atoms with van der Waals surface area (Å²) in [6, 6.07) is 26.8. The summed E-state index contributed by atoms with van der Waals surface area (Å²) in [4.78, 5) is 21.8. The van der Waals surface area contributed by atoms with Crippen LogP contribution in [0.1, 0.15) is 41.5 Å².